The third-order valence-electron chi connectivity index (χ3n) is 2.59. The van der Waals surface area contributed by atoms with Gasteiger partial charge in [0.1, 0.15) is 5.75 Å². The fraction of sp³-hybridized carbons (Fsp3) is 0.467. The van der Waals surface area contributed by atoms with Crippen LogP contribution in [0.5, 0.6) is 5.75 Å². The number of hydrogen-bond acceptors (Lipinski definition) is 2. The smallest absolute Gasteiger partial charge is 0.406 e. The largest absolute Gasteiger partial charge is 0.573 e. The summed E-state index contributed by atoms with van der Waals surface area (Å²) < 4.78 is 39.7. The van der Waals surface area contributed by atoms with E-state index in [1.807, 2.05) is 6.08 Å². The Labute approximate surface area is 117 Å². The van der Waals surface area contributed by atoms with Gasteiger partial charge in [-0.2, -0.15) is 0 Å². The molecule has 0 aliphatic heterocycles. The zero-order valence-corrected chi connectivity index (χ0v) is 11.5. The molecule has 2 nitrogen and oxygen atoms in total. The van der Waals surface area contributed by atoms with Gasteiger partial charge in [0, 0.05) is 0 Å². The van der Waals surface area contributed by atoms with Crippen molar-refractivity contribution in [3.63, 3.8) is 0 Å². The zero-order chi connectivity index (χ0) is 14.8. The number of hydrogen-bond donors (Lipinski definition) is 1. The monoisotopic (exact) mass is 287 g/mol. The van der Waals surface area contributed by atoms with Crippen molar-refractivity contribution in [3.05, 3.63) is 42.0 Å². The Morgan fingerprint density at radius 2 is 1.80 bits per heavy atom. The second-order valence-electron chi connectivity index (χ2n) is 4.41. The molecule has 1 N–H and O–H groups in total. The maximum Gasteiger partial charge on any atom is 0.573 e. The van der Waals surface area contributed by atoms with Gasteiger partial charge in [-0.05, 0) is 50.0 Å². The summed E-state index contributed by atoms with van der Waals surface area (Å²) in [6, 6.07) is 5.94. The minimum absolute atomic E-state index is 0.186. The summed E-state index contributed by atoms with van der Waals surface area (Å²) in [4.78, 5) is 0. The fourth-order valence-corrected chi connectivity index (χ4v) is 1.65. The molecule has 0 amide bonds. The molecule has 0 spiro atoms. The summed E-state index contributed by atoms with van der Waals surface area (Å²) in [6.45, 7) is 4.09. The van der Waals surface area contributed by atoms with Crippen molar-refractivity contribution in [2.24, 2.45) is 0 Å². The van der Waals surface area contributed by atoms with Crippen LogP contribution in [-0.4, -0.2) is 19.5 Å². The van der Waals surface area contributed by atoms with Crippen molar-refractivity contribution in [1.82, 2.24) is 5.32 Å². The first-order chi connectivity index (χ1) is 9.51. The summed E-state index contributed by atoms with van der Waals surface area (Å²) >= 11 is 0. The average Bonchev–Trinajstić information content (AvgIpc) is 2.38. The van der Waals surface area contributed by atoms with E-state index in [1.165, 1.54) is 12.1 Å². The first-order valence-corrected chi connectivity index (χ1v) is 6.71. The molecule has 0 radical (unpaired) electrons. The van der Waals surface area contributed by atoms with Gasteiger partial charge in [0.15, 0.2) is 0 Å². The van der Waals surface area contributed by atoms with Gasteiger partial charge < -0.3 is 10.1 Å². The van der Waals surface area contributed by atoms with Crippen LogP contribution in [-0.2, 0) is 6.42 Å². The van der Waals surface area contributed by atoms with Crippen LogP contribution in [0, 0.1) is 0 Å². The molecule has 0 saturated heterocycles. The highest BCUT2D eigenvalue weighted by Crippen LogP contribution is 2.22. The molecule has 0 saturated carbocycles. The highest BCUT2D eigenvalue weighted by atomic mass is 19.4. The van der Waals surface area contributed by atoms with E-state index in [4.69, 9.17) is 0 Å². The van der Waals surface area contributed by atoms with Crippen molar-refractivity contribution in [1.29, 1.82) is 0 Å². The summed E-state index contributed by atoms with van der Waals surface area (Å²) in [5.74, 6) is -0.186. The van der Waals surface area contributed by atoms with E-state index >= 15 is 0 Å². The topological polar surface area (TPSA) is 21.3 Å². The van der Waals surface area contributed by atoms with E-state index in [2.05, 4.69) is 23.1 Å². The second-order valence-corrected chi connectivity index (χ2v) is 4.41. The minimum atomic E-state index is -4.63. The highest BCUT2D eigenvalue weighted by molar-refractivity contribution is 5.28. The van der Waals surface area contributed by atoms with Gasteiger partial charge in [-0.3, -0.25) is 0 Å². The second kappa shape index (κ2) is 8.64. The van der Waals surface area contributed by atoms with E-state index in [9.17, 15) is 13.2 Å². The van der Waals surface area contributed by atoms with Gasteiger partial charge in [0.2, 0.25) is 0 Å². The van der Waals surface area contributed by atoms with Gasteiger partial charge >= 0.3 is 6.36 Å². The molecule has 0 aliphatic carbocycles. The van der Waals surface area contributed by atoms with Crippen molar-refractivity contribution in [3.8, 4) is 5.75 Å². The molecule has 5 heteroatoms. The Kier molecular flexibility index (Phi) is 7.15. The maximum atomic E-state index is 12.0. The van der Waals surface area contributed by atoms with Crippen LogP contribution in [0.4, 0.5) is 13.2 Å². The molecule has 0 fully saturated rings. The normalized spacial score (nSPS) is 12.0. The summed E-state index contributed by atoms with van der Waals surface area (Å²) in [5.41, 5.74) is 0.956. The van der Waals surface area contributed by atoms with Crippen LogP contribution in [0.15, 0.2) is 36.4 Å². The molecule has 20 heavy (non-hydrogen) atoms. The number of rotatable bonds is 8. The van der Waals surface area contributed by atoms with E-state index in [0.717, 1.165) is 31.5 Å². The predicted molar refractivity (Wildman–Crippen MR) is 73.7 cm³/mol. The number of ether oxygens (including phenoxy) is 1. The van der Waals surface area contributed by atoms with Crippen LogP contribution in [0.2, 0.25) is 0 Å². The Morgan fingerprint density at radius 1 is 1.10 bits per heavy atom. The lowest BCUT2D eigenvalue weighted by Gasteiger charge is -2.08. The summed E-state index contributed by atoms with van der Waals surface area (Å²) in [7, 11) is 0. The molecule has 0 bridgehead atoms. The Hall–Kier alpha value is -1.49. The molecule has 1 aromatic rings. The van der Waals surface area contributed by atoms with Crippen LogP contribution in [0.1, 0.15) is 25.3 Å². The lowest BCUT2D eigenvalue weighted by Crippen LogP contribution is -2.17. The lowest BCUT2D eigenvalue weighted by molar-refractivity contribution is -0.274. The minimum Gasteiger partial charge on any atom is -0.406 e. The maximum absolute atomic E-state index is 12.0. The predicted octanol–water partition coefficient (Wildman–Crippen LogP) is 4.07. The van der Waals surface area contributed by atoms with Gasteiger partial charge in [0.05, 0.1) is 0 Å². The number of benzene rings is 1. The van der Waals surface area contributed by atoms with Gasteiger partial charge in [-0.25, -0.2) is 0 Å². The first-order valence-electron chi connectivity index (χ1n) is 6.71. The number of nitrogens with one attached hydrogen (secondary N) is 1. The van der Waals surface area contributed by atoms with Crippen LogP contribution < -0.4 is 10.1 Å². The van der Waals surface area contributed by atoms with E-state index in [1.54, 1.807) is 12.1 Å². The molecule has 1 aromatic carbocycles. The van der Waals surface area contributed by atoms with E-state index < -0.39 is 6.36 Å². The van der Waals surface area contributed by atoms with Crippen LogP contribution in [0.25, 0.3) is 0 Å². The third kappa shape index (κ3) is 7.84. The molecule has 0 aliphatic rings. The van der Waals surface area contributed by atoms with E-state index in [-0.39, 0.29) is 5.75 Å². The SMILES string of the molecule is CCCNCCC=CCc1ccc(OC(F)(F)F)cc1. The molecule has 0 atom stereocenters. The van der Waals surface area contributed by atoms with Gasteiger partial charge in [-0.15, -0.1) is 13.2 Å². The third-order valence-corrected chi connectivity index (χ3v) is 2.59. The summed E-state index contributed by atoms with van der Waals surface area (Å²) in [6.07, 6.45) is 2.24. The molecular formula is C15H20F3NO. The number of halogens is 3. The van der Waals surface area contributed by atoms with Crippen LogP contribution in [0.3, 0.4) is 0 Å². The Morgan fingerprint density at radius 3 is 2.40 bits per heavy atom. The molecule has 1 rings (SSSR count). The quantitative estimate of drug-likeness (QED) is 0.575. The summed E-state index contributed by atoms with van der Waals surface area (Å²) in [5, 5.41) is 3.29. The standard InChI is InChI=1S/C15H20F3NO/c1-2-11-19-12-5-3-4-6-13-7-9-14(10-8-13)20-15(16,17)18/h3-4,7-10,19H,2,5-6,11-12H2,1H3. The average molecular weight is 287 g/mol. The van der Waals surface area contributed by atoms with E-state index in [0.29, 0.717) is 6.42 Å². The number of allylic oxidation sites excluding steroid dienone is 1. The van der Waals surface area contributed by atoms with Gasteiger partial charge in [0.25, 0.3) is 0 Å². The number of alkyl halides is 3. The van der Waals surface area contributed by atoms with Crippen molar-refractivity contribution in [2.75, 3.05) is 13.1 Å². The molecular weight excluding hydrogens is 267 g/mol. The Balaban J connectivity index is 2.29. The van der Waals surface area contributed by atoms with Crippen molar-refractivity contribution < 1.29 is 17.9 Å². The van der Waals surface area contributed by atoms with Crippen molar-refractivity contribution >= 4 is 0 Å². The zero-order valence-electron chi connectivity index (χ0n) is 11.5. The highest BCUT2D eigenvalue weighted by Gasteiger charge is 2.30. The molecule has 0 unspecified atom stereocenters. The first kappa shape index (κ1) is 16.6. The Bertz CT molecular complexity index is 399. The van der Waals surface area contributed by atoms with Crippen molar-refractivity contribution in [2.45, 2.75) is 32.5 Å². The van der Waals surface area contributed by atoms with Crippen LogP contribution >= 0.6 is 0 Å². The molecule has 0 heterocycles. The van der Waals surface area contributed by atoms with Gasteiger partial charge in [-0.1, -0.05) is 31.2 Å². The molecule has 112 valence electrons. The fourth-order valence-electron chi connectivity index (χ4n) is 1.65. The lowest BCUT2D eigenvalue weighted by atomic mass is 10.1. The molecule has 0 aromatic heterocycles.